The van der Waals surface area contributed by atoms with Gasteiger partial charge in [-0.05, 0) is 55.0 Å². The molecule has 3 aliphatic rings. The van der Waals surface area contributed by atoms with Crippen LogP contribution in [0.5, 0.6) is 0 Å². The van der Waals surface area contributed by atoms with Crippen molar-refractivity contribution in [1.29, 1.82) is 0 Å². The van der Waals surface area contributed by atoms with Crippen molar-refractivity contribution in [2.45, 2.75) is 31.7 Å². The van der Waals surface area contributed by atoms with Gasteiger partial charge in [-0.25, -0.2) is 4.39 Å². The number of hydrogen-bond donors (Lipinski definition) is 2. The smallest absolute Gasteiger partial charge is 0.254 e. The first-order valence-electron chi connectivity index (χ1n) is 9.99. The van der Waals surface area contributed by atoms with E-state index in [1.54, 1.807) is 12.1 Å². The van der Waals surface area contributed by atoms with Crippen LogP contribution in [-0.2, 0) is 4.79 Å². The van der Waals surface area contributed by atoms with E-state index in [1.807, 2.05) is 31.2 Å². The highest BCUT2D eigenvalue weighted by Gasteiger charge is 2.71. The number of rotatable bonds is 5. The Morgan fingerprint density at radius 3 is 2.50 bits per heavy atom. The van der Waals surface area contributed by atoms with E-state index in [0.717, 1.165) is 24.6 Å². The molecule has 2 amide bonds. The van der Waals surface area contributed by atoms with E-state index in [4.69, 9.17) is 0 Å². The monoisotopic (exact) mass is 404 g/mol. The number of fused-ring (bicyclic) bond motifs is 1. The predicted octanol–water partition coefficient (Wildman–Crippen LogP) is 3.70. The molecule has 3 aliphatic carbocycles. The van der Waals surface area contributed by atoms with Crippen LogP contribution in [0.3, 0.4) is 0 Å². The summed E-state index contributed by atoms with van der Waals surface area (Å²) in [6.45, 7) is 1.92. The summed E-state index contributed by atoms with van der Waals surface area (Å²) in [7, 11) is 0. The molecular weight excluding hydrogens is 383 g/mol. The minimum absolute atomic E-state index is 0.0782. The van der Waals surface area contributed by atoms with E-state index in [0.29, 0.717) is 16.8 Å². The fraction of sp³-hybridized carbons (Fsp3) is 0.304. The number of aromatic nitrogens is 2. The van der Waals surface area contributed by atoms with Gasteiger partial charge in [-0.15, -0.1) is 0 Å². The molecule has 0 radical (unpaired) electrons. The van der Waals surface area contributed by atoms with Gasteiger partial charge in [0.2, 0.25) is 5.91 Å². The first kappa shape index (κ1) is 18.7. The van der Waals surface area contributed by atoms with Gasteiger partial charge in [0.05, 0.1) is 17.3 Å². The predicted molar refractivity (Wildman–Crippen MR) is 110 cm³/mol. The first-order chi connectivity index (χ1) is 14.4. The van der Waals surface area contributed by atoms with Crippen LogP contribution in [0.4, 0.5) is 10.1 Å². The van der Waals surface area contributed by atoms with E-state index in [9.17, 15) is 14.0 Å². The van der Waals surface area contributed by atoms with E-state index in [-0.39, 0.29) is 34.5 Å². The highest BCUT2D eigenvalue weighted by Crippen LogP contribution is 2.70. The number of carbonyl (C=O) groups is 2. The molecule has 1 atom stereocenters. The van der Waals surface area contributed by atoms with Crippen molar-refractivity contribution >= 4 is 28.4 Å². The van der Waals surface area contributed by atoms with Gasteiger partial charge in [0, 0.05) is 22.5 Å². The number of nitrogens with one attached hydrogen (secondary N) is 2. The van der Waals surface area contributed by atoms with Gasteiger partial charge in [-0.3, -0.25) is 9.59 Å². The lowest BCUT2D eigenvalue weighted by molar-refractivity contribution is -0.184. The summed E-state index contributed by atoms with van der Waals surface area (Å²) in [5.74, 6) is -0.761. The van der Waals surface area contributed by atoms with Gasteiger partial charge in [0.1, 0.15) is 5.82 Å². The Morgan fingerprint density at radius 1 is 1.07 bits per heavy atom. The van der Waals surface area contributed by atoms with Crippen molar-refractivity contribution in [3.63, 3.8) is 0 Å². The van der Waals surface area contributed by atoms with Gasteiger partial charge >= 0.3 is 0 Å². The second-order valence-electron chi connectivity index (χ2n) is 8.62. The van der Waals surface area contributed by atoms with E-state index >= 15 is 0 Å². The van der Waals surface area contributed by atoms with E-state index < -0.39 is 0 Å². The minimum atomic E-state index is -0.338. The molecule has 3 aromatic rings. The lowest BCUT2D eigenvalue weighted by atomic mass is 9.36. The molecule has 3 fully saturated rings. The molecule has 1 heterocycles. The zero-order valence-corrected chi connectivity index (χ0v) is 16.5. The molecular formula is C23H21FN4O2. The van der Waals surface area contributed by atoms with Gasteiger partial charge in [0.25, 0.3) is 5.91 Å². The number of hydrogen-bond acceptors (Lipinski definition) is 4. The molecule has 0 spiro atoms. The van der Waals surface area contributed by atoms with Gasteiger partial charge < -0.3 is 10.6 Å². The summed E-state index contributed by atoms with van der Waals surface area (Å²) in [5, 5.41) is 14.8. The number of nitrogens with zero attached hydrogens (tertiary/aromatic N) is 2. The summed E-state index contributed by atoms with van der Waals surface area (Å²) in [6.07, 6.45) is 3.83. The molecule has 2 aromatic carbocycles. The Balaban J connectivity index is 1.23. The Bertz CT molecular complexity index is 1140. The minimum Gasteiger partial charge on any atom is -0.346 e. The molecule has 0 aliphatic heterocycles. The summed E-state index contributed by atoms with van der Waals surface area (Å²) < 4.78 is 13.0. The highest BCUT2D eigenvalue weighted by molar-refractivity contribution is 6.06. The Kier molecular flexibility index (Phi) is 4.10. The molecule has 30 heavy (non-hydrogen) atoms. The van der Waals surface area contributed by atoms with Crippen molar-refractivity contribution in [3.8, 4) is 0 Å². The average Bonchev–Trinajstić information content (AvgIpc) is 2.70. The van der Waals surface area contributed by atoms with Crippen LogP contribution in [0, 0.1) is 17.2 Å². The van der Waals surface area contributed by atoms with Gasteiger partial charge in [-0.2, -0.15) is 10.2 Å². The van der Waals surface area contributed by atoms with E-state index in [2.05, 4.69) is 20.8 Å². The molecule has 2 N–H and O–H groups in total. The summed E-state index contributed by atoms with van der Waals surface area (Å²) in [6, 6.07) is 13.2. The summed E-state index contributed by atoms with van der Waals surface area (Å²) in [5.41, 5.74) is 1.45. The number of carbonyl (C=O) groups excluding carboxylic acids is 2. The second-order valence-corrected chi connectivity index (χ2v) is 8.62. The lowest BCUT2D eigenvalue weighted by Crippen LogP contribution is -2.77. The fourth-order valence-electron chi connectivity index (χ4n) is 5.02. The Morgan fingerprint density at radius 2 is 1.77 bits per heavy atom. The van der Waals surface area contributed by atoms with Crippen molar-refractivity contribution in [2.75, 3.05) is 5.32 Å². The van der Waals surface area contributed by atoms with Gasteiger partial charge in [-0.1, -0.05) is 25.1 Å². The largest absolute Gasteiger partial charge is 0.346 e. The van der Waals surface area contributed by atoms with Crippen molar-refractivity contribution in [2.24, 2.45) is 11.3 Å². The zero-order valence-electron chi connectivity index (χ0n) is 16.5. The topological polar surface area (TPSA) is 84.0 Å². The molecule has 2 bridgehead atoms. The van der Waals surface area contributed by atoms with Gasteiger partial charge in [0.15, 0.2) is 0 Å². The van der Waals surface area contributed by atoms with Crippen LogP contribution in [-0.4, -0.2) is 27.6 Å². The van der Waals surface area contributed by atoms with Crippen molar-refractivity contribution < 1.29 is 14.0 Å². The average molecular weight is 404 g/mol. The number of amides is 2. The third-order valence-corrected chi connectivity index (χ3v) is 6.66. The first-order valence-corrected chi connectivity index (χ1v) is 9.99. The number of anilines is 1. The highest BCUT2D eigenvalue weighted by atomic mass is 19.1. The molecule has 152 valence electrons. The molecule has 0 unspecified atom stereocenters. The van der Waals surface area contributed by atoms with Crippen LogP contribution in [0.1, 0.15) is 36.5 Å². The lowest BCUT2D eigenvalue weighted by Gasteiger charge is -2.72. The summed E-state index contributed by atoms with van der Waals surface area (Å²) in [4.78, 5) is 25.5. The normalized spacial score (nSPS) is 25.0. The van der Waals surface area contributed by atoms with Crippen molar-refractivity contribution in [3.05, 3.63) is 66.1 Å². The van der Waals surface area contributed by atoms with Crippen LogP contribution in [0.25, 0.3) is 10.9 Å². The van der Waals surface area contributed by atoms with Crippen LogP contribution in [0.15, 0.2) is 54.7 Å². The van der Waals surface area contributed by atoms with Crippen LogP contribution >= 0.6 is 0 Å². The molecule has 7 heteroatoms. The van der Waals surface area contributed by atoms with Crippen LogP contribution in [0.2, 0.25) is 0 Å². The molecule has 6 rings (SSSR count). The second kappa shape index (κ2) is 6.58. The SMILES string of the molecule is C[C@H](C(=O)Nc1ccc(F)cc1)C12CC(NC(=O)c3cnnc4ccccc34)(C1)C2. The third kappa shape index (κ3) is 2.93. The maximum atomic E-state index is 13.0. The Hall–Kier alpha value is -3.35. The third-order valence-electron chi connectivity index (χ3n) is 6.66. The molecule has 6 nitrogen and oxygen atoms in total. The van der Waals surface area contributed by atoms with Crippen LogP contribution < -0.4 is 10.6 Å². The zero-order chi connectivity index (χ0) is 20.9. The molecule has 0 saturated heterocycles. The quantitative estimate of drug-likeness (QED) is 0.679. The number of benzene rings is 2. The number of halogens is 1. The fourth-order valence-corrected chi connectivity index (χ4v) is 5.02. The van der Waals surface area contributed by atoms with E-state index in [1.165, 1.54) is 18.3 Å². The van der Waals surface area contributed by atoms with Crippen molar-refractivity contribution in [1.82, 2.24) is 15.5 Å². The molecule has 3 saturated carbocycles. The maximum Gasteiger partial charge on any atom is 0.254 e. The Labute approximate surface area is 172 Å². The maximum absolute atomic E-state index is 13.0. The molecule has 1 aromatic heterocycles. The standard InChI is InChI=1S/C23H21FN4O2/c1-14(20(29)26-16-8-6-15(24)7-9-16)22-11-23(12-22,13-22)27-21(30)18-10-25-28-19-5-3-2-4-17(18)19/h2-10,14H,11-13H2,1H3,(H,26,29)(H,27,30)/t14-,22?,23?/m1/s1. The summed E-state index contributed by atoms with van der Waals surface area (Å²) >= 11 is 0.